The molecule has 0 heterocycles. The van der Waals surface area contributed by atoms with E-state index in [1.807, 2.05) is 0 Å². The van der Waals surface area contributed by atoms with Gasteiger partial charge in [0.2, 0.25) is 0 Å². The van der Waals surface area contributed by atoms with Crippen LogP contribution in [-0.2, 0) is 9.84 Å². The standard InChI is InChI=1S/C16H33O2/c1-3-5-7-8-9-10-11-12-13-14-16(17)18-15-6-4-2/h16H,3-15H2,1-2H3. The number of rotatable bonds is 14. The van der Waals surface area contributed by atoms with Crippen molar-refractivity contribution in [2.75, 3.05) is 6.61 Å². The Bertz CT molecular complexity index is 148. The SMILES string of the molecule is CCCCCCCCCCCC([O])OCCCC. The van der Waals surface area contributed by atoms with Crippen molar-refractivity contribution < 1.29 is 9.84 Å². The van der Waals surface area contributed by atoms with E-state index in [-0.39, 0.29) is 0 Å². The molecule has 0 aliphatic rings. The number of unbranched alkanes of at least 4 members (excludes halogenated alkanes) is 9. The fourth-order valence-electron chi connectivity index (χ4n) is 2.06. The third-order valence-corrected chi connectivity index (χ3v) is 3.35. The van der Waals surface area contributed by atoms with Crippen molar-refractivity contribution in [3.05, 3.63) is 0 Å². The minimum atomic E-state index is -0.777. The van der Waals surface area contributed by atoms with Crippen molar-refractivity contribution in [1.82, 2.24) is 0 Å². The van der Waals surface area contributed by atoms with E-state index in [2.05, 4.69) is 13.8 Å². The summed E-state index contributed by atoms with van der Waals surface area (Å²) in [7, 11) is 0. The van der Waals surface area contributed by atoms with Crippen LogP contribution in [0.3, 0.4) is 0 Å². The van der Waals surface area contributed by atoms with Crippen LogP contribution in [0.1, 0.15) is 90.9 Å². The smallest absolute Gasteiger partial charge is 0.191 e. The van der Waals surface area contributed by atoms with E-state index in [9.17, 15) is 5.11 Å². The summed E-state index contributed by atoms with van der Waals surface area (Å²) in [6, 6.07) is 0. The summed E-state index contributed by atoms with van der Waals surface area (Å²) >= 11 is 0. The van der Waals surface area contributed by atoms with Gasteiger partial charge in [0.05, 0.1) is 0 Å². The Morgan fingerprint density at radius 1 is 0.722 bits per heavy atom. The van der Waals surface area contributed by atoms with Crippen molar-refractivity contribution in [3.63, 3.8) is 0 Å². The van der Waals surface area contributed by atoms with Gasteiger partial charge >= 0.3 is 0 Å². The molecule has 1 atom stereocenters. The fourth-order valence-corrected chi connectivity index (χ4v) is 2.06. The predicted molar refractivity (Wildman–Crippen MR) is 77.2 cm³/mol. The molecule has 2 nitrogen and oxygen atoms in total. The van der Waals surface area contributed by atoms with Crippen molar-refractivity contribution in [3.8, 4) is 0 Å². The first-order chi connectivity index (χ1) is 8.81. The second kappa shape index (κ2) is 15.0. The van der Waals surface area contributed by atoms with Crippen LogP contribution in [0.25, 0.3) is 0 Å². The van der Waals surface area contributed by atoms with Gasteiger partial charge < -0.3 is 4.74 Å². The summed E-state index contributed by atoms with van der Waals surface area (Å²) in [5.41, 5.74) is 0. The average Bonchev–Trinajstić information content (AvgIpc) is 2.37. The first-order valence-electron chi connectivity index (χ1n) is 8.08. The Morgan fingerprint density at radius 2 is 1.22 bits per heavy atom. The lowest BCUT2D eigenvalue weighted by atomic mass is 10.1. The zero-order valence-corrected chi connectivity index (χ0v) is 12.6. The van der Waals surface area contributed by atoms with Gasteiger partial charge in [-0.3, -0.25) is 0 Å². The van der Waals surface area contributed by atoms with Crippen LogP contribution in [0.15, 0.2) is 0 Å². The topological polar surface area (TPSA) is 29.1 Å². The molecule has 18 heavy (non-hydrogen) atoms. The minimum absolute atomic E-state index is 0.641. The molecule has 0 aliphatic heterocycles. The Labute approximate surface area is 114 Å². The highest BCUT2D eigenvalue weighted by atomic mass is 16.6. The van der Waals surface area contributed by atoms with Gasteiger partial charge in [0.25, 0.3) is 0 Å². The molecule has 1 unspecified atom stereocenters. The first kappa shape index (κ1) is 17.9. The number of hydrogen-bond donors (Lipinski definition) is 0. The second-order valence-electron chi connectivity index (χ2n) is 5.27. The van der Waals surface area contributed by atoms with Gasteiger partial charge in [0.1, 0.15) is 0 Å². The fraction of sp³-hybridized carbons (Fsp3) is 1.00. The molecule has 0 spiro atoms. The maximum Gasteiger partial charge on any atom is 0.191 e. The average molecular weight is 257 g/mol. The van der Waals surface area contributed by atoms with Crippen LogP contribution in [0, 0.1) is 0 Å². The third-order valence-electron chi connectivity index (χ3n) is 3.35. The molecule has 109 valence electrons. The lowest BCUT2D eigenvalue weighted by Gasteiger charge is -2.09. The molecular weight excluding hydrogens is 224 g/mol. The Balaban J connectivity index is 3.05. The highest BCUT2D eigenvalue weighted by Gasteiger charge is 2.04. The van der Waals surface area contributed by atoms with Gasteiger partial charge in [0, 0.05) is 13.0 Å². The molecule has 0 amide bonds. The van der Waals surface area contributed by atoms with Crippen LogP contribution in [0.4, 0.5) is 0 Å². The largest absolute Gasteiger partial charge is 0.350 e. The predicted octanol–water partition coefficient (Wildman–Crippen LogP) is 5.48. The lowest BCUT2D eigenvalue weighted by Crippen LogP contribution is -2.10. The van der Waals surface area contributed by atoms with Crippen molar-refractivity contribution in [2.24, 2.45) is 0 Å². The van der Waals surface area contributed by atoms with Crippen LogP contribution in [0.5, 0.6) is 0 Å². The molecule has 0 aromatic carbocycles. The summed E-state index contributed by atoms with van der Waals surface area (Å²) in [4.78, 5) is 0. The molecule has 0 aromatic heterocycles. The lowest BCUT2D eigenvalue weighted by molar-refractivity contribution is -0.144. The maximum atomic E-state index is 11.4. The van der Waals surface area contributed by atoms with Crippen LogP contribution >= 0.6 is 0 Å². The van der Waals surface area contributed by atoms with E-state index in [1.165, 1.54) is 51.4 Å². The Morgan fingerprint density at radius 3 is 1.78 bits per heavy atom. The molecule has 1 radical (unpaired) electrons. The van der Waals surface area contributed by atoms with Gasteiger partial charge in [-0.25, -0.2) is 5.11 Å². The van der Waals surface area contributed by atoms with E-state index in [1.54, 1.807) is 0 Å². The van der Waals surface area contributed by atoms with Crippen molar-refractivity contribution in [1.29, 1.82) is 0 Å². The molecule has 0 bridgehead atoms. The maximum absolute atomic E-state index is 11.4. The normalized spacial score (nSPS) is 12.8. The van der Waals surface area contributed by atoms with Gasteiger partial charge in [-0.05, 0) is 12.8 Å². The summed E-state index contributed by atoms with van der Waals surface area (Å²) in [6.45, 7) is 5.01. The zero-order valence-electron chi connectivity index (χ0n) is 12.6. The first-order valence-corrected chi connectivity index (χ1v) is 8.08. The molecule has 0 N–H and O–H groups in total. The molecule has 0 aromatic rings. The molecule has 0 saturated heterocycles. The summed E-state index contributed by atoms with van der Waals surface area (Å²) in [5, 5.41) is 11.4. The molecule has 0 saturated carbocycles. The second-order valence-corrected chi connectivity index (χ2v) is 5.27. The van der Waals surface area contributed by atoms with Gasteiger partial charge in [-0.1, -0.05) is 71.6 Å². The quantitative estimate of drug-likeness (QED) is 0.299. The molecule has 0 rings (SSSR count). The van der Waals surface area contributed by atoms with Crippen molar-refractivity contribution in [2.45, 2.75) is 97.2 Å². The number of hydrogen-bond acceptors (Lipinski definition) is 1. The highest BCUT2D eigenvalue weighted by Crippen LogP contribution is 2.12. The summed E-state index contributed by atoms with van der Waals surface area (Å²) in [6.07, 6.45) is 13.7. The molecule has 0 fully saturated rings. The summed E-state index contributed by atoms with van der Waals surface area (Å²) < 4.78 is 5.20. The van der Waals surface area contributed by atoms with E-state index in [0.29, 0.717) is 13.0 Å². The van der Waals surface area contributed by atoms with E-state index >= 15 is 0 Å². The third kappa shape index (κ3) is 14.0. The molecule has 0 aliphatic carbocycles. The van der Waals surface area contributed by atoms with Gasteiger partial charge in [-0.15, -0.1) is 0 Å². The highest BCUT2D eigenvalue weighted by molar-refractivity contribution is 4.49. The molecule has 2 heteroatoms. The Hall–Kier alpha value is -0.0800. The van der Waals surface area contributed by atoms with Gasteiger partial charge in [0.15, 0.2) is 6.29 Å². The zero-order chi connectivity index (χ0) is 13.5. The Kier molecular flexibility index (Phi) is 14.9. The summed E-state index contributed by atoms with van der Waals surface area (Å²) in [5.74, 6) is 0. The van der Waals surface area contributed by atoms with Crippen LogP contribution in [-0.4, -0.2) is 12.9 Å². The van der Waals surface area contributed by atoms with Crippen LogP contribution < -0.4 is 0 Å². The van der Waals surface area contributed by atoms with Gasteiger partial charge in [-0.2, -0.15) is 0 Å². The van der Waals surface area contributed by atoms with E-state index < -0.39 is 6.29 Å². The van der Waals surface area contributed by atoms with E-state index in [0.717, 1.165) is 19.3 Å². The van der Waals surface area contributed by atoms with Crippen molar-refractivity contribution >= 4 is 0 Å². The van der Waals surface area contributed by atoms with Crippen LogP contribution in [0.2, 0.25) is 0 Å². The number of ether oxygens (including phenoxy) is 1. The minimum Gasteiger partial charge on any atom is -0.350 e. The monoisotopic (exact) mass is 257 g/mol. The van der Waals surface area contributed by atoms with E-state index in [4.69, 9.17) is 4.74 Å². The molecular formula is C16H33O2.